The number of thiophene rings is 1. The highest BCUT2D eigenvalue weighted by atomic mass is 35.5. The minimum Gasteiger partial charge on any atom is -0.322 e. The molecule has 1 heterocycles. The average molecular weight is 335 g/mol. The molecule has 2 N–H and O–H groups in total. The van der Waals surface area contributed by atoms with Crippen molar-refractivity contribution >= 4 is 45.4 Å². The zero-order valence-corrected chi connectivity index (χ0v) is 13.6. The molecule has 0 aliphatic heterocycles. The number of fused-ring (bicyclic) bond motifs is 1. The molecule has 0 unspecified atom stereocenters. The third-order valence-electron chi connectivity index (χ3n) is 3.54. The zero-order chi connectivity index (χ0) is 15.7. The molecular formula is C16H15ClN2O2S. The van der Waals surface area contributed by atoms with E-state index in [4.69, 9.17) is 11.6 Å². The average Bonchev–Trinajstić information content (AvgIpc) is 3.00. The lowest BCUT2D eigenvalue weighted by Gasteiger charge is -2.08. The molecule has 0 bridgehead atoms. The fraction of sp³-hybridized carbons (Fsp3) is 0.250. The van der Waals surface area contributed by atoms with Crippen molar-refractivity contribution in [3.8, 4) is 0 Å². The van der Waals surface area contributed by atoms with Crippen LogP contribution in [0.25, 0.3) is 0 Å². The summed E-state index contributed by atoms with van der Waals surface area (Å²) in [5.41, 5.74) is 2.35. The van der Waals surface area contributed by atoms with Crippen LogP contribution in [0.4, 0.5) is 10.7 Å². The second-order valence-corrected chi connectivity index (χ2v) is 6.75. The maximum atomic E-state index is 12.6. The van der Waals surface area contributed by atoms with Gasteiger partial charge in [-0.05, 0) is 49.1 Å². The number of rotatable bonds is 3. The number of hydrogen-bond acceptors (Lipinski definition) is 3. The highest BCUT2D eigenvalue weighted by Crippen LogP contribution is 2.39. The SMILES string of the molecule is CC(=O)Nc1sc2c(c1C(=O)Nc1ccc(Cl)cc1)CCC2. The van der Waals surface area contributed by atoms with Crippen molar-refractivity contribution in [1.29, 1.82) is 0 Å². The summed E-state index contributed by atoms with van der Waals surface area (Å²) in [5, 5.41) is 6.91. The lowest BCUT2D eigenvalue weighted by Crippen LogP contribution is -2.16. The fourth-order valence-electron chi connectivity index (χ4n) is 2.62. The number of halogens is 1. The Kier molecular flexibility index (Phi) is 4.18. The quantitative estimate of drug-likeness (QED) is 0.887. The van der Waals surface area contributed by atoms with E-state index in [0.29, 0.717) is 21.3 Å². The molecule has 2 amide bonds. The van der Waals surface area contributed by atoms with E-state index in [9.17, 15) is 9.59 Å². The van der Waals surface area contributed by atoms with Gasteiger partial charge in [0.25, 0.3) is 5.91 Å². The smallest absolute Gasteiger partial charge is 0.258 e. The Balaban J connectivity index is 1.90. The summed E-state index contributed by atoms with van der Waals surface area (Å²) >= 11 is 7.35. The number of anilines is 2. The van der Waals surface area contributed by atoms with Crippen molar-refractivity contribution in [2.24, 2.45) is 0 Å². The first-order valence-electron chi connectivity index (χ1n) is 7.03. The van der Waals surface area contributed by atoms with Gasteiger partial charge in [0.05, 0.1) is 5.56 Å². The van der Waals surface area contributed by atoms with Crippen LogP contribution in [0, 0.1) is 0 Å². The lowest BCUT2D eigenvalue weighted by atomic mass is 10.1. The van der Waals surface area contributed by atoms with E-state index < -0.39 is 0 Å². The van der Waals surface area contributed by atoms with Crippen LogP contribution in [0.2, 0.25) is 5.02 Å². The molecular weight excluding hydrogens is 320 g/mol. The molecule has 4 nitrogen and oxygen atoms in total. The van der Waals surface area contributed by atoms with Crippen LogP contribution in [-0.2, 0) is 17.6 Å². The van der Waals surface area contributed by atoms with Crippen molar-refractivity contribution in [1.82, 2.24) is 0 Å². The molecule has 0 radical (unpaired) electrons. The maximum Gasteiger partial charge on any atom is 0.258 e. The molecule has 0 saturated carbocycles. The van der Waals surface area contributed by atoms with Crippen LogP contribution >= 0.6 is 22.9 Å². The molecule has 0 atom stereocenters. The normalized spacial score (nSPS) is 12.8. The van der Waals surface area contributed by atoms with Gasteiger partial charge >= 0.3 is 0 Å². The van der Waals surface area contributed by atoms with Crippen LogP contribution in [0.3, 0.4) is 0 Å². The Hall–Kier alpha value is -1.85. The highest BCUT2D eigenvalue weighted by molar-refractivity contribution is 7.17. The molecule has 0 fully saturated rings. The minimum atomic E-state index is -0.189. The number of nitrogens with one attached hydrogen (secondary N) is 2. The van der Waals surface area contributed by atoms with Gasteiger partial charge in [0.1, 0.15) is 5.00 Å². The van der Waals surface area contributed by atoms with E-state index in [1.807, 2.05) is 0 Å². The van der Waals surface area contributed by atoms with Crippen LogP contribution in [0.5, 0.6) is 0 Å². The van der Waals surface area contributed by atoms with Gasteiger partial charge in [-0.1, -0.05) is 11.6 Å². The molecule has 22 heavy (non-hydrogen) atoms. The fourth-order valence-corrected chi connectivity index (χ4v) is 4.08. The first kappa shape index (κ1) is 15.1. The van der Waals surface area contributed by atoms with Gasteiger partial charge in [-0.15, -0.1) is 11.3 Å². The molecule has 2 aromatic rings. The minimum absolute atomic E-state index is 0.166. The van der Waals surface area contributed by atoms with Gasteiger partial charge in [0, 0.05) is 22.5 Å². The first-order chi connectivity index (χ1) is 10.5. The number of benzene rings is 1. The van der Waals surface area contributed by atoms with E-state index in [1.165, 1.54) is 23.1 Å². The summed E-state index contributed by atoms with van der Waals surface area (Å²) in [4.78, 5) is 25.2. The second kappa shape index (κ2) is 6.10. The number of amides is 2. The van der Waals surface area contributed by atoms with Crippen LogP contribution in [-0.4, -0.2) is 11.8 Å². The largest absolute Gasteiger partial charge is 0.322 e. The number of hydrogen-bond donors (Lipinski definition) is 2. The van der Waals surface area contributed by atoms with Gasteiger partial charge in [-0.2, -0.15) is 0 Å². The van der Waals surface area contributed by atoms with Crippen molar-refractivity contribution in [3.05, 3.63) is 45.3 Å². The molecule has 0 saturated heterocycles. The molecule has 1 aromatic heterocycles. The van der Waals surface area contributed by atoms with Crippen LogP contribution < -0.4 is 10.6 Å². The molecule has 114 valence electrons. The van der Waals surface area contributed by atoms with Crippen molar-refractivity contribution in [2.75, 3.05) is 10.6 Å². The van der Waals surface area contributed by atoms with E-state index >= 15 is 0 Å². The zero-order valence-electron chi connectivity index (χ0n) is 12.0. The van der Waals surface area contributed by atoms with E-state index in [-0.39, 0.29) is 11.8 Å². The predicted octanol–water partition coefficient (Wildman–Crippen LogP) is 4.10. The Labute approximate surface area is 137 Å². The number of aryl methyl sites for hydroxylation is 1. The summed E-state index contributed by atoms with van der Waals surface area (Å²) in [6.45, 7) is 1.45. The molecule has 0 spiro atoms. The van der Waals surface area contributed by atoms with Gasteiger partial charge in [-0.3, -0.25) is 9.59 Å². The summed E-state index contributed by atoms with van der Waals surface area (Å²) in [7, 11) is 0. The second-order valence-electron chi connectivity index (χ2n) is 5.20. The van der Waals surface area contributed by atoms with Crippen LogP contribution in [0.15, 0.2) is 24.3 Å². The molecule has 1 aliphatic carbocycles. The van der Waals surface area contributed by atoms with Crippen molar-refractivity contribution in [2.45, 2.75) is 26.2 Å². The van der Waals surface area contributed by atoms with Gasteiger partial charge in [-0.25, -0.2) is 0 Å². The van der Waals surface area contributed by atoms with Crippen molar-refractivity contribution in [3.63, 3.8) is 0 Å². The summed E-state index contributed by atoms with van der Waals surface area (Å²) in [6, 6.07) is 6.96. The van der Waals surface area contributed by atoms with E-state index in [2.05, 4.69) is 10.6 Å². The number of carbonyl (C=O) groups is 2. The standard InChI is InChI=1S/C16H15ClN2O2S/c1-9(20)18-16-14(12-3-2-4-13(12)22-16)15(21)19-11-7-5-10(17)6-8-11/h5-8H,2-4H2,1H3,(H,18,20)(H,19,21). The maximum absolute atomic E-state index is 12.6. The third-order valence-corrected chi connectivity index (χ3v) is 5.00. The van der Waals surface area contributed by atoms with Crippen LogP contribution in [0.1, 0.15) is 34.1 Å². The van der Waals surface area contributed by atoms with Gasteiger partial charge in [0.15, 0.2) is 0 Å². The van der Waals surface area contributed by atoms with Gasteiger partial charge in [0.2, 0.25) is 5.91 Å². The predicted molar refractivity (Wildman–Crippen MR) is 90.1 cm³/mol. The molecule has 1 aromatic carbocycles. The monoisotopic (exact) mass is 334 g/mol. The van der Waals surface area contributed by atoms with E-state index in [0.717, 1.165) is 24.8 Å². The highest BCUT2D eigenvalue weighted by Gasteiger charge is 2.27. The summed E-state index contributed by atoms with van der Waals surface area (Å²) in [6.07, 6.45) is 2.92. The van der Waals surface area contributed by atoms with Gasteiger partial charge < -0.3 is 10.6 Å². The number of carbonyl (C=O) groups excluding carboxylic acids is 2. The van der Waals surface area contributed by atoms with E-state index in [1.54, 1.807) is 24.3 Å². The lowest BCUT2D eigenvalue weighted by molar-refractivity contribution is -0.114. The topological polar surface area (TPSA) is 58.2 Å². The molecule has 1 aliphatic rings. The Bertz CT molecular complexity index is 737. The first-order valence-corrected chi connectivity index (χ1v) is 8.23. The third kappa shape index (κ3) is 3.00. The van der Waals surface area contributed by atoms with Crippen molar-refractivity contribution < 1.29 is 9.59 Å². The Morgan fingerprint density at radius 1 is 1.14 bits per heavy atom. The molecule has 6 heteroatoms. The molecule has 3 rings (SSSR count). The summed E-state index contributed by atoms with van der Waals surface area (Å²) in [5.74, 6) is -0.356. The Morgan fingerprint density at radius 3 is 2.55 bits per heavy atom. The Morgan fingerprint density at radius 2 is 1.86 bits per heavy atom. The summed E-state index contributed by atoms with van der Waals surface area (Å²) < 4.78 is 0.